The summed E-state index contributed by atoms with van der Waals surface area (Å²) in [7, 11) is 0. The molecule has 0 fully saturated rings. The van der Waals surface area contributed by atoms with Crippen molar-refractivity contribution in [3.8, 4) is 44.8 Å². The number of aromatic nitrogens is 2. The van der Waals surface area contributed by atoms with Gasteiger partial charge >= 0.3 is 0 Å². The van der Waals surface area contributed by atoms with E-state index in [1.807, 2.05) is 24.5 Å². The summed E-state index contributed by atoms with van der Waals surface area (Å²) in [6.07, 6.45) is 3.68. The van der Waals surface area contributed by atoms with Gasteiger partial charge in [0.2, 0.25) is 0 Å². The first-order valence-electron chi connectivity index (χ1n) is 8.03. The standard InChI is InChI=1S/C22H14N2/c1-3-9-17-15(7-1)16-8-2-4-10-18(16)20-12-6-14-24-22(20)21-19(17)11-5-13-23-21/h1-14H. The Bertz CT molecular complexity index is 779. The lowest BCUT2D eigenvalue weighted by molar-refractivity contribution is 1.25. The molecule has 0 aliphatic heterocycles. The molecule has 2 heterocycles. The molecule has 2 heteroatoms. The molecule has 2 nitrogen and oxygen atoms in total. The van der Waals surface area contributed by atoms with Gasteiger partial charge in [0.25, 0.3) is 0 Å². The molecule has 0 atom stereocenters. The largest absolute Gasteiger partial charge is 0.254 e. The van der Waals surface area contributed by atoms with E-state index in [0.29, 0.717) is 0 Å². The van der Waals surface area contributed by atoms with E-state index in [9.17, 15) is 0 Å². The highest BCUT2D eigenvalue weighted by Crippen LogP contribution is 2.45. The lowest BCUT2D eigenvalue weighted by Gasteiger charge is -2.21. The number of pyridine rings is 2. The summed E-state index contributed by atoms with van der Waals surface area (Å²) in [6.45, 7) is 0. The fraction of sp³-hybridized carbons (Fsp3) is 0. The van der Waals surface area contributed by atoms with Crippen LogP contribution in [0, 0.1) is 0 Å². The predicted molar refractivity (Wildman–Crippen MR) is 97.3 cm³/mol. The van der Waals surface area contributed by atoms with Crippen LogP contribution in [-0.2, 0) is 0 Å². The lowest BCUT2D eigenvalue weighted by Crippen LogP contribution is -1.99. The van der Waals surface area contributed by atoms with Gasteiger partial charge in [-0.25, -0.2) is 0 Å². The van der Waals surface area contributed by atoms with Gasteiger partial charge in [-0.05, 0) is 34.4 Å². The molecule has 0 saturated carbocycles. The smallest absolute Gasteiger partial charge is 0.0970 e. The molecule has 24 heavy (non-hydrogen) atoms. The van der Waals surface area contributed by atoms with E-state index in [1.165, 1.54) is 22.3 Å². The van der Waals surface area contributed by atoms with Gasteiger partial charge in [0, 0.05) is 23.5 Å². The summed E-state index contributed by atoms with van der Waals surface area (Å²) in [4.78, 5) is 9.34. The summed E-state index contributed by atoms with van der Waals surface area (Å²) in [5, 5.41) is 0. The highest BCUT2D eigenvalue weighted by Gasteiger charge is 2.22. The second kappa shape index (κ2) is 5.14. The molecule has 0 radical (unpaired) electrons. The van der Waals surface area contributed by atoms with Crippen LogP contribution in [0.3, 0.4) is 0 Å². The Labute approximate surface area is 140 Å². The third kappa shape index (κ3) is 1.83. The van der Waals surface area contributed by atoms with Gasteiger partial charge in [-0.2, -0.15) is 0 Å². The Morgan fingerprint density at radius 2 is 0.708 bits per heavy atom. The first-order valence-corrected chi connectivity index (χ1v) is 8.03. The predicted octanol–water partition coefficient (Wildman–Crippen LogP) is 5.46. The van der Waals surface area contributed by atoms with E-state index < -0.39 is 0 Å². The minimum absolute atomic E-state index is 0.940. The van der Waals surface area contributed by atoms with Crippen LogP contribution in [0.25, 0.3) is 44.8 Å². The van der Waals surface area contributed by atoms with Gasteiger partial charge in [0.05, 0.1) is 11.4 Å². The molecule has 2 aromatic heterocycles. The molecular formula is C22H14N2. The SMILES string of the molecule is c1ccc2c(c1)-c1ccccc1-c1cccnc1-c1ncccc1-2. The Hall–Kier alpha value is -3.26. The van der Waals surface area contributed by atoms with Crippen LogP contribution in [0.1, 0.15) is 0 Å². The summed E-state index contributed by atoms with van der Waals surface area (Å²) < 4.78 is 0. The van der Waals surface area contributed by atoms with Gasteiger partial charge in [-0.1, -0.05) is 60.7 Å². The molecule has 0 bridgehead atoms. The third-order valence-electron chi connectivity index (χ3n) is 4.56. The summed E-state index contributed by atoms with van der Waals surface area (Å²) in [5.74, 6) is 0. The van der Waals surface area contributed by atoms with E-state index in [2.05, 4.69) is 70.6 Å². The average molecular weight is 306 g/mol. The molecule has 5 rings (SSSR count). The number of fused-ring (bicyclic) bond motifs is 8. The van der Waals surface area contributed by atoms with Crippen LogP contribution in [-0.4, -0.2) is 9.97 Å². The van der Waals surface area contributed by atoms with Gasteiger partial charge in [0.1, 0.15) is 0 Å². The normalized spacial score (nSPS) is 11.3. The maximum atomic E-state index is 4.67. The van der Waals surface area contributed by atoms with E-state index >= 15 is 0 Å². The van der Waals surface area contributed by atoms with E-state index in [1.54, 1.807) is 0 Å². The van der Waals surface area contributed by atoms with Gasteiger partial charge in [0.15, 0.2) is 0 Å². The Morgan fingerprint density at radius 1 is 0.375 bits per heavy atom. The number of nitrogens with zero attached hydrogens (tertiary/aromatic N) is 2. The molecule has 0 amide bonds. The Morgan fingerprint density at radius 3 is 1.12 bits per heavy atom. The van der Waals surface area contributed by atoms with Crippen molar-refractivity contribution < 1.29 is 0 Å². The first kappa shape index (κ1) is 13.2. The maximum absolute atomic E-state index is 4.67. The number of benzene rings is 2. The van der Waals surface area contributed by atoms with Crippen molar-refractivity contribution in [2.45, 2.75) is 0 Å². The molecule has 0 N–H and O–H groups in total. The van der Waals surface area contributed by atoms with Crippen molar-refractivity contribution in [1.82, 2.24) is 9.97 Å². The third-order valence-corrected chi connectivity index (χ3v) is 4.56. The molecule has 112 valence electrons. The van der Waals surface area contributed by atoms with E-state index in [-0.39, 0.29) is 0 Å². The van der Waals surface area contributed by atoms with Crippen molar-refractivity contribution in [2.24, 2.45) is 0 Å². The Kier molecular flexibility index (Phi) is 2.83. The van der Waals surface area contributed by atoms with Crippen molar-refractivity contribution in [3.05, 3.63) is 85.2 Å². The zero-order valence-corrected chi connectivity index (χ0v) is 13.0. The molecule has 4 aromatic rings. The van der Waals surface area contributed by atoms with Crippen LogP contribution < -0.4 is 0 Å². The minimum Gasteiger partial charge on any atom is -0.254 e. The highest BCUT2D eigenvalue weighted by molar-refractivity contribution is 6.00. The second-order valence-electron chi connectivity index (χ2n) is 5.89. The van der Waals surface area contributed by atoms with Crippen LogP contribution >= 0.6 is 0 Å². The van der Waals surface area contributed by atoms with Gasteiger partial charge in [-0.3, -0.25) is 9.97 Å². The molecular weight excluding hydrogens is 292 g/mol. The number of hydrogen-bond donors (Lipinski definition) is 0. The first-order chi connectivity index (χ1) is 11.9. The van der Waals surface area contributed by atoms with Crippen molar-refractivity contribution in [2.75, 3.05) is 0 Å². The fourth-order valence-corrected chi connectivity index (χ4v) is 3.53. The quantitative estimate of drug-likeness (QED) is 0.380. The van der Waals surface area contributed by atoms with Crippen molar-refractivity contribution in [1.29, 1.82) is 0 Å². The van der Waals surface area contributed by atoms with Crippen LogP contribution in [0.2, 0.25) is 0 Å². The number of rotatable bonds is 0. The molecule has 2 aromatic carbocycles. The van der Waals surface area contributed by atoms with Crippen molar-refractivity contribution in [3.63, 3.8) is 0 Å². The zero-order valence-electron chi connectivity index (χ0n) is 13.0. The minimum atomic E-state index is 0.940. The van der Waals surface area contributed by atoms with Gasteiger partial charge < -0.3 is 0 Å². The fourth-order valence-electron chi connectivity index (χ4n) is 3.53. The van der Waals surface area contributed by atoms with Crippen LogP contribution in [0.5, 0.6) is 0 Å². The van der Waals surface area contributed by atoms with Crippen LogP contribution in [0.4, 0.5) is 0 Å². The second-order valence-corrected chi connectivity index (χ2v) is 5.89. The Balaban J connectivity index is 2.01. The van der Waals surface area contributed by atoms with E-state index in [4.69, 9.17) is 0 Å². The monoisotopic (exact) mass is 306 g/mol. The zero-order chi connectivity index (χ0) is 15.9. The summed E-state index contributed by atoms with van der Waals surface area (Å²) in [5.41, 5.74) is 9.00. The lowest BCUT2D eigenvalue weighted by atomic mass is 9.84. The average Bonchev–Trinajstić information content (AvgIpc) is 2.67. The molecule has 1 aliphatic carbocycles. The molecule has 0 saturated heterocycles. The maximum Gasteiger partial charge on any atom is 0.0970 e. The van der Waals surface area contributed by atoms with Crippen LogP contribution in [0.15, 0.2) is 85.2 Å². The molecule has 0 spiro atoms. The summed E-state index contributed by atoms with van der Waals surface area (Å²) in [6, 6.07) is 25.3. The summed E-state index contributed by atoms with van der Waals surface area (Å²) >= 11 is 0. The van der Waals surface area contributed by atoms with Crippen molar-refractivity contribution >= 4 is 0 Å². The molecule has 0 unspecified atom stereocenters. The number of hydrogen-bond acceptors (Lipinski definition) is 2. The molecule has 1 aliphatic rings. The highest BCUT2D eigenvalue weighted by atomic mass is 14.8. The topological polar surface area (TPSA) is 25.8 Å². The van der Waals surface area contributed by atoms with Gasteiger partial charge in [-0.15, -0.1) is 0 Å². The van der Waals surface area contributed by atoms with E-state index in [0.717, 1.165) is 22.5 Å².